The summed E-state index contributed by atoms with van der Waals surface area (Å²) in [5.41, 5.74) is 3.28. The van der Waals surface area contributed by atoms with Gasteiger partial charge in [-0.25, -0.2) is 0 Å². The molecule has 0 spiro atoms. The van der Waals surface area contributed by atoms with E-state index in [9.17, 15) is 0 Å². The third kappa shape index (κ3) is 1030. The summed E-state index contributed by atoms with van der Waals surface area (Å²) in [5, 5.41) is 11.6. The lowest BCUT2D eigenvalue weighted by molar-refractivity contribution is 0.213. The highest BCUT2D eigenvalue weighted by atomic mass is 16.6. The predicted molar refractivity (Wildman–Crippen MR) is 90.9 cm³/mol. The van der Waals surface area contributed by atoms with Crippen LogP contribution in [0.1, 0.15) is 62.8 Å². The zero-order valence-electron chi connectivity index (χ0n) is 13.8. The van der Waals surface area contributed by atoms with Crippen molar-refractivity contribution in [3.8, 4) is 0 Å². The second-order valence-electron chi connectivity index (χ2n) is 4.73. The van der Waals surface area contributed by atoms with Crippen molar-refractivity contribution in [1.82, 2.24) is 0 Å². The van der Waals surface area contributed by atoms with Gasteiger partial charge in [-0.1, -0.05) is 23.7 Å². The summed E-state index contributed by atoms with van der Waals surface area (Å²) < 4.78 is 0. The third-order valence-corrected chi connectivity index (χ3v) is 0.274. The second-order valence-corrected chi connectivity index (χ2v) is 4.73. The molecule has 0 aliphatic heterocycles. The number of hydrogen-bond acceptors (Lipinski definition) is 3. The monoisotopic (exact) mass is 275 g/mol. The standard InChI is InChI=1S/C4H9NO.2C4H8.C3H8O.CH4/c1-4(2)5-6-3;2*1-4(2)3;1-3(2)4;/h1-3H3;2*1H2,2-3H3;3-4H,1-2H3;1H4. The Morgan fingerprint density at radius 2 is 1.11 bits per heavy atom. The maximum atomic E-state index is 8.06. The van der Waals surface area contributed by atoms with E-state index in [0.717, 1.165) is 5.71 Å². The molecule has 118 valence electrons. The van der Waals surface area contributed by atoms with Crippen molar-refractivity contribution in [1.29, 1.82) is 0 Å². The first kappa shape index (κ1) is 30.7. The van der Waals surface area contributed by atoms with Gasteiger partial charge in [0.05, 0.1) is 5.71 Å². The number of oxime groups is 1. The maximum Gasteiger partial charge on any atom is 0.106 e. The van der Waals surface area contributed by atoms with E-state index in [2.05, 4.69) is 23.2 Å². The van der Waals surface area contributed by atoms with Crippen molar-refractivity contribution >= 4 is 5.71 Å². The maximum absolute atomic E-state index is 8.06. The summed E-state index contributed by atoms with van der Waals surface area (Å²) in [5.74, 6) is 0. The lowest BCUT2D eigenvalue weighted by Crippen LogP contribution is -1.85. The van der Waals surface area contributed by atoms with Gasteiger partial charge in [0.15, 0.2) is 0 Å². The van der Waals surface area contributed by atoms with Gasteiger partial charge in [0.2, 0.25) is 0 Å². The molecule has 0 amide bonds. The summed E-state index contributed by atoms with van der Waals surface area (Å²) >= 11 is 0. The fraction of sp³-hybridized carbons (Fsp3) is 0.688. The number of hydrogen-bond donors (Lipinski definition) is 1. The molecule has 0 aromatic carbocycles. The first-order valence-corrected chi connectivity index (χ1v) is 5.93. The van der Waals surface area contributed by atoms with Crippen LogP contribution in [0, 0.1) is 0 Å². The first-order chi connectivity index (χ1) is 7.97. The molecular weight excluding hydrogens is 238 g/mol. The minimum atomic E-state index is -0.167. The van der Waals surface area contributed by atoms with Crippen LogP contribution in [-0.4, -0.2) is 24.0 Å². The molecule has 0 radical (unpaired) electrons. The van der Waals surface area contributed by atoms with Crippen LogP contribution < -0.4 is 0 Å². The van der Waals surface area contributed by atoms with Crippen LogP contribution in [0.25, 0.3) is 0 Å². The molecule has 0 bridgehead atoms. The molecule has 0 aromatic rings. The number of allylic oxidation sites excluding steroid dienone is 2. The van der Waals surface area contributed by atoms with E-state index in [1.165, 1.54) is 18.3 Å². The van der Waals surface area contributed by atoms with Crippen molar-refractivity contribution in [2.75, 3.05) is 7.11 Å². The van der Waals surface area contributed by atoms with E-state index in [4.69, 9.17) is 5.11 Å². The second kappa shape index (κ2) is 25.7. The van der Waals surface area contributed by atoms with Crippen LogP contribution in [-0.2, 0) is 4.84 Å². The SMILES string of the molecule is C.C=C(C)C.C=C(C)C.CC(C)O.CON=C(C)C. The predicted octanol–water partition coefficient (Wildman–Crippen LogP) is 5.22. The quantitative estimate of drug-likeness (QED) is 0.405. The van der Waals surface area contributed by atoms with Gasteiger partial charge in [-0.2, -0.15) is 0 Å². The smallest absolute Gasteiger partial charge is 0.106 e. The molecule has 1 N–H and O–H groups in total. The average Bonchev–Trinajstić information content (AvgIpc) is 1.98. The van der Waals surface area contributed by atoms with E-state index < -0.39 is 0 Å². The van der Waals surface area contributed by atoms with E-state index >= 15 is 0 Å². The van der Waals surface area contributed by atoms with Gasteiger partial charge < -0.3 is 9.94 Å². The molecular formula is C16H37NO2. The Balaban J connectivity index is -0.0000000459. The van der Waals surface area contributed by atoms with Crippen LogP contribution >= 0.6 is 0 Å². The molecule has 0 atom stereocenters. The molecule has 19 heavy (non-hydrogen) atoms. The highest BCUT2D eigenvalue weighted by molar-refractivity contribution is 5.78. The topological polar surface area (TPSA) is 41.8 Å². The molecule has 0 fully saturated rings. The van der Waals surface area contributed by atoms with Gasteiger partial charge in [0.1, 0.15) is 7.11 Å². The highest BCUT2D eigenvalue weighted by Gasteiger charge is 1.69. The Labute approximate surface area is 122 Å². The first-order valence-electron chi connectivity index (χ1n) is 5.93. The van der Waals surface area contributed by atoms with Crippen LogP contribution in [0.5, 0.6) is 0 Å². The molecule has 0 aromatic heterocycles. The van der Waals surface area contributed by atoms with E-state index in [0.29, 0.717) is 0 Å². The Hall–Kier alpha value is -1.09. The van der Waals surface area contributed by atoms with Gasteiger partial charge >= 0.3 is 0 Å². The largest absolute Gasteiger partial charge is 0.399 e. The van der Waals surface area contributed by atoms with Gasteiger partial charge in [-0.15, -0.1) is 13.2 Å². The molecule has 0 saturated heterocycles. The van der Waals surface area contributed by atoms with Gasteiger partial charge in [0, 0.05) is 6.10 Å². The molecule has 3 nitrogen and oxygen atoms in total. The van der Waals surface area contributed by atoms with E-state index in [-0.39, 0.29) is 13.5 Å². The Kier molecular flexibility index (Phi) is 41.5. The number of aliphatic hydroxyl groups is 1. The molecule has 0 rings (SSSR count). The lowest BCUT2D eigenvalue weighted by Gasteiger charge is -1.83. The Bertz CT molecular complexity index is 192. The normalized spacial score (nSPS) is 6.89. The molecule has 3 heteroatoms. The summed E-state index contributed by atoms with van der Waals surface area (Å²) in [4.78, 5) is 4.39. The summed E-state index contributed by atoms with van der Waals surface area (Å²) in [6.45, 7) is 22.2. The fourth-order valence-electron chi connectivity index (χ4n) is 0.183. The highest BCUT2D eigenvalue weighted by Crippen LogP contribution is 1.74. The molecule has 0 saturated carbocycles. The number of nitrogens with zero attached hydrogens (tertiary/aromatic N) is 1. The Morgan fingerprint density at radius 3 is 1.11 bits per heavy atom. The van der Waals surface area contributed by atoms with E-state index in [1.807, 2.05) is 41.5 Å². The summed E-state index contributed by atoms with van der Waals surface area (Å²) in [7, 11) is 1.53. The number of rotatable bonds is 1. The zero-order valence-corrected chi connectivity index (χ0v) is 13.8. The fourth-order valence-corrected chi connectivity index (χ4v) is 0.183. The molecule has 0 aliphatic rings. The van der Waals surface area contributed by atoms with Gasteiger partial charge in [-0.05, 0) is 55.4 Å². The summed E-state index contributed by atoms with van der Waals surface area (Å²) in [6, 6.07) is 0. The van der Waals surface area contributed by atoms with Crippen molar-refractivity contribution in [3.05, 3.63) is 24.3 Å². The van der Waals surface area contributed by atoms with Gasteiger partial charge in [0.25, 0.3) is 0 Å². The van der Waals surface area contributed by atoms with Crippen LogP contribution in [0.15, 0.2) is 29.5 Å². The van der Waals surface area contributed by atoms with Gasteiger partial charge in [-0.3, -0.25) is 0 Å². The van der Waals surface area contributed by atoms with Crippen LogP contribution in [0.2, 0.25) is 0 Å². The minimum absolute atomic E-state index is 0. The van der Waals surface area contributed by atoms with Crippen molar-refractivity contribution in [2.24, 2.45) is 5.16 Å². The van der Waals surface area contributed by atoms with E-state index in [1.54, 1.807) is 13.8 Å². The average molecular weight is 275 g/mol. The summed E-state index contributed by atoms with van der Waals surface area (Å²) in [6.07, 6.45) is -0.167. The Morgan fingerprint density at radius 1 is 0.947 bits per heavy atom. The van der Waals surface area contributed by atoms with Crippen LogP contribution in [0.4, 0.5) is 0 Å². The zero-order chi connectivity index (χ0) is 15.7. The number of aliphatic hydroxyl groups excluding tert-OH is 1. The molecule has 0 unspecified atom stereocenters. The van der Waals surface area contributed by atoms with Crippen molar-refractivity contribution in [3.63, 3.8) is 0 Å². The van der Waals surface area contributed by atoms with Crippen molar-refractivity contribution < 1.29 is 9.94 Å². The van der Waals surface area contributed by atoms with Crippen LogP contribution in [0.3, 0.4) is 0 Å². The minimum Gasteiger partial charge on any atom is -0.399 e. The van der Waals surface area contributed by atoms with Crippen molar-refractivity contribution in [2.45, 2.75) is 68.9 Å². The molecule has 0 heterocycles. The lowest BCUT2D eigenvalue weighted by atomic mass is 10.4. The third-order valence-electron chi connectivity index (χ3n) is 0.274. The molecule has 0 aliphatic carbocycles.